The second kappa shape index (κ2) is 4.77. The van der Waals surface area contributed by atoms with Crippen molar-refractivity contribution in [1.82, 2.24) is 0 Å². The molecule has 13 heavy (non-hydrogen) atoms. The van der Waals surface area contributed by atoms with Crippen LogP contribution >= 0.6 is 11.3 Å². The van der Waals surface area contributed by atoms with Crippen LogP contribution in [0.25, 0.3) is 6.08 Å². The third kappa shape index (κ3) is 2.99. The number of thiophene rings is 1. The summed E-state index contributed by atoms with van der Waals surface area (Å²) in [4.78, 5) is 11.2. The van der Waals surface area contributed by atoms with Crippen LogP contribution in [0, 0.1) is 10.1 Å². The van der Waals surface area contributed by atoms with E-state index in [0.717, 1.165) is 11.3 Å². The van der Waals surface area contributed by atoms with Crippen LogP contribution in [0.15, 0.2) is 23.2 Å². The highest BCUT2D eigenvalue weighted by Crippen LogP contribution is 2.16. The molecule has 0 fully saturated rings. The predicted molar refractivity (Wildman–Crippen MR) is 54.2 cm³/mol. The van der Waals surface area contributed by atoms with Gasteiger partial charge in [0.2, 0.25) is 5.70 Å². The molecular formula is C9H11NO2S. The van der Waals surface area contributed by atoms with Crippen LogP contribution in [0.2, 0.25) is 0 Å². The standard InChI is InChI=1S/C9H11NO2S/c1-2-4-8(10(11)12)7-9-5-3-6-13-9/h3,5-7H,2,4H2,1H3. The number of hydrogen-bond acceptors (Lipinski definition) is 3. The van der Waals surface area contributed by atoms with Gasteiger partial charge in [-0.1, -0.05) is 13.0 Å². The lowest BCUT2D eigenvalue weighted by Crippen LogP contribution is -1.97. The summed E-state index contributed by atoms with van der Waals surface area (Å²) in [6.07, 6.45) is 2.98. The first-order valence-corrected chi connectivity index (χ1v) is 5.00. The zero-order chi connectivity index (χ0) is 9.68. The maximum Gasteiger partial charge on any atom is 0.247 e. The highest BCUT2D eigenvalue weighted by atomic mass is 32.1. The SMILES string of the molecule is CCCC(=Cc1cccs1)[N+](=O)[O-]. The van der Waals surface area contributed by atoms with Crippen LogP contribution in [-0.2, 0) is 0 Å². The summed E-state index contributed by atoms with van der Waals surface area (Å²) in [6.45, 7) is 1.94. The minimum Gasteiger partial charge on any atom is -0.259 e. The highest BCUT2D eigenvalue weighted by Gasteiger charge is 2.08. The second-order valence-electron chi connectivity index (χ2n) is 2.66. The van der Waals surface area contributed by atoms with Gasteiger partial charge in [-0.25, -0.2) is 0 Å². The van der Waals surface area contributed by atoms with Crippen LogP contribution in [-0.4, -0.2) is 4.92 Å². The Labute approximate surface area is 80.9 Å². The topological polar surface area (TPSA) is 43.1 Å². The Morgan fingerprint density at radius 1 is 1.77 bits per heavy atom. The lowest BCUT2D eigenvalue weighted by molar-refractivity contribution is -0.426. The molecule has 0 bridgehead atoms. The molecule has 1 aromatic rings. The van der Waals surface area contributed by atoms with E-state index < -0.39 is 0 Å². The molecule has 1 rings (SSSR count). The molecule has 0 aliphatic carbocycles. The molecule has 1 aromatic heterocycles. The third-order valence-electron chi connectivity index (χ3n) is 1.59. The summed E-state index contributed by atoms with van der Waals surface area (Å²) in [5.74, 6) is 0. The molecule has 0 saturated carbocycles. The molecule has 0 unspecified atom stereocenters. The summed E-state index contributed by atoms with van der Waals surface area (Å²) < 4.78 is 0. The minimum atomic E-state index is -0.302. The monoisotopic (exact) mass is 197 g/mol. The van der Waals surface area contributed by atoms with E-state index in [1.54, 1.807) is 6.08 Å². The van der Waals surface area contributed by atoms with E-state index in [1.807, 2.05) is 24.4 Å². The maximum atomic E-state index is 10.6. The van der Waals surface area contributed by atoms with Gasteiger partial charge >= 0.3 is 0 Å². The molecule has 0 N–H and O–H groups in total. The maximum absolute atomic E-state index is 10.6. The smallest absolute Gasteiger partial charge is 0.247 e. The fraction of sp³-hybridized carbons (Fsp3) is 0.333. The first kappa shape index (κ1) is 9.92. The Balaban J connectivity index is 2.80. The van der Waals surface area contributed by atoms with Gasteiger partial charge in [0.05, 0.1) is 4.92 Å². The van der Waals surface area contributed by atoms with E-state index in [2.05, 4.69) is 0 Å². The van der Waals surface area contributed by atoms with Crippen molar-refractivity contribution in [3.05, 3.63) is 38.2 Å². The molecule has 3 nitrogen and oxygen atoms in total. The lowest BCUT2D eigenvalue weighted by atomic mass is 10.2. The minimum absolute atomic E-state index is 0.296. The van der Waals surface area contributed by atoms with Crippen LogP contribution in [0.1, 0.15) is 24.6 Å². The zero-order valence-corrected chi connectivity index (χ0v) is 8.21. The molecule has 0 amide bonds. The largest absolute Gasteiger partial charge is 0.259 e. The lowest BCUT2D eigenvalue weighted by Gasteiger charge is -1.93. The molecule has 0 atom stereocenters. The van der Waals surface area contributed by atoms with Crippen molar-refractivity contribution in [3.63, 3.8) is 0 Å². The Kier molecular flexibility index (Phi) is 3.64. The average molecular weight is 197 g/mol. The fourth-order valence-electron chi connectivity index (χ4n) is 1.01. The Morgan fingerprint density at radius 2 is 2.54 bits per heavy atom. The van der Waals surface area contributed by atoms with Gasteiger partial charge in [0.25, 0.3) is 0 Å². The van der Waals surface area contributed by atoms with Gasteiger partial charge in [-0.2, -0.15) is 0 Å². The van der Waals surface area contributed by atoms with Crippen LogP contribution < -0.4 is 0 Å². The molecule has 0 aliphatic heterocycles. The molecule has 70 valence electrons. The van der Waals surface area contributed by atoms with Crippen molar-refractivity contribution >= 4 is 17.4 Å². The van der Waals surface area contributed by atoms with Gasteiger partial charge in [-0.3, -0.25) is 10.1 Å². The number of rotatable bonds is 4. The van der Waals surface area contributed by atoms with Crippen LogP contribution in [0.4, 0.5) is 0 Å². The Morgan fingerprint density at radius 3 is 3.00 bits per heavy atom. The van der Waals surface area contributed by atoms with Crippen molar-refractivity contribution < 1.29 is 4.92 Å². The van der Waals surface area contributed by atoms with Crippen LogP contribution in [0.3, 0.4) is 0 Å². The first-order chi connectivity index (χ1) is 6.24. The van der Waals surface area contributed by atoms with E-state index in [4.69, 9.17) is 0 Å². The summed E-state index contributed by atoms with van der Waals surface area (Å²) in [6, 6.07) is 3.77. The van der Waals surface area contributed by atoms with Gasteiger partial charge in [0.1, 0.15) is 0 Å². The second-order valence-corrected chi connectivity index (χ2v) is 3.64. The summed E-state index contributed by atoms with van der Waals surface area (Å²) in [5.41, 5.74) is 0.296. The predicted octanol–water partition coefficient (Wildman–Crippen LogP) is 3.17. The fourth-order valence-corrected chi connectivity index (χ4v) is 1.69. The molecule has 0 aromatic carbocycles. The quantitative estimate of drug-likeness (QED) is 0.549. The Hall–Kier alpha value is -1.16. The highest BCUT2D eigenvalue weighted by molar-refractivity contribution is 7.10. The summed E-state index contributed by atoms with van der Waals surface area (Å²) in [7, 11) is 0. The Bertz CT molecular complexity index is 303. The van der Waals surface area contributed by atoms with E-state index in [0.29, 0.717) is 12.1 Å². The molecule has 4 heteroatoms. The molecule has 1 heterocycles. The first-order valence-electron chi connectivity index (χ1n) is 4.12. The number of nitro groups is 1. The van der Waals surface area contributed by atoms with Crippen molar-refractivity contribution in [2.24, 2.45) is 0 Å². The van der Waals surface area contributed by atoms with Crippen molar-refractivity contribution in [3.8, 4) is 0 Å². The molecule has 0 aliphatic rings. The van der Waals surface area contributed by atoms with Gasteiger partial charge in [0.15, 0.2) is 0 Å². The van der Waals surface area contributed by atoms with E-state index in [1.165, 1.54) is 11.3 Å². The summed E-state index contributed by atoms with van der Waals surface area (Å²) >= 11 is 1.51. The van der Waals surface area contributed by atoms with Gasteiger partial charge in [-0.15, -0.1) is 11.3 Å². The third-order valence-corrected chi connectivity index (χ3v) is 2.41. The van der Waals surface area contributed by atoms with Gasteiger partial charge in [0, 0.05) is 17.4 Å². The zero-order valence-electron chi connectivity index (χ0n) is 7.40. The molecular weight excluding hydrogens is 186 g/mol. The van der Waals surface area contributed by atoms with Crippen molar-refractivity contribution in [1.29, 1.82) is 0 Å². The van der Waals surface area contributed by atoms with Gasteiger partial charge < -0.3 is 0 Å². The van der Waals surface area contributed by atoms with Crippen molar-refractivity contribution in [2.75, 3.05) is 0 Å². The average Bonchev–Trinajstić information content (AvgIpc) is 2.56. The molecule has 0 radical (unpaired) electrons. The number of allylic oxidation sites excluding steroid dienone is 1. The number of nitrogens with zero attached hydrogens (tertiary/aromatic N) is 1. The van der Waals surface area contributed by atoms with E-state index in [-0.39, 0.29) is 4.92 Å². The van der Waals surface area contributed by atoms with Crippen LogP contribution in [0.5, 0.6) is 0 Å². The normalized spacial score (nSPS) is 11.6. The van der Waals surface area contributed by atoms with E-state index >= 15 is 0 Å². The van der Waals surface area contributed by atoms with Crippen molar-refractivity contribution in [2.45, 2.75) is 19.8 Å². The van der Waals surface area contributed by atoms with E-state index in [9.17, 15) is 10.1 Å². The summed E-state index contributed by atoms with van der Waals surface area (Å²) in [5, 5.41) is 12.5. The van der Waals surface area contributed by atoms with Gasteiger partial charge in [-0.05, 0) is 17.9 Å². The molecule has 0 spiro atoms. The number of hydrogen-bond donors (Lipinski definition) is 0. The molecule has 0 saturated heterocycles.